The fourth-order valence-electron chi connectivity index (χ4n) is 15.5. The monoisotopic (exact) mass is 1350 g/mol. The van der Waals surface area contributed by atoms with Crippen molar-refractivity contribution in [3.05, 3.63) is 19.1 Å². The quantitative estimate of drug-likeness (QED) is 0.0581. The summed E-state index contributed by atoms with van der Waals surface area (Å²) in [4.78, 5) is 33.8. The van der Waals surface area contributed by atoms with E-state index in [1.165, 1.54) is 31.3 Å². The van der Waals surface area contributed by atoms with Gasteiger partial charge in [-0.2, -0.15) is 13.7 Å². The molecule has 0 aromatic rings. The number of amides is 1. The maximum atomic E-state index is 11.5. The maximum absolute atomic E-state index is 11.5. The summed E-state index contributed by atoms with van der Waals surface area (Å²) in [6.07, 6.45) is 16.2. The molecule has 0 bridgehead atoms. The zero-order chi connectivity index (χ0) is 58.2. The molecular weight excluding hydrogens is 1240 g/mol. The Hall–Kier alpha value is 1.01. The Kier molecular flexibility index (Phi) is 42.2. The van der Waals surface area contributed by atoms with Crippen LogP contribution in [0.25, 0.3) is 0 Å². The van der Waals surface area contributed by atoms with Crippen LogP contribution in [0.2, 0.25) is 0 Å². The van der Waals surface area contributed by atoms with Gasteiger partial charge < -0.3 is 47.6 Å². The standard InChI is InChI=1S/C13H24ClNO.C11H23N.C11H22O.C10H18O.C9H14O.C2H2ClN.CH3.2ClH.Cu.HI.Mg.H2O4S/c1-11(2)7-12(3,4)9-13(5,8-11)15-10(16)6-14;2*1-9(2)6-10(3,4)8-11(5,12)7-9;1-9(2)5-8(11)6-10(3,4)7-9;1-7-4-8(10)6-9(2,3)5-7;3-1-2-4;;;;;;;1-5(2,3)4/h6-9H2,1-5H3,(H,15,16);6-8,12H2,1-5H3;12H,6-8H2,1-5H3;5-7H2,1-4H3;4H,5-6H2,1-3H3;1H2;1H3;2*1H;;1H;;(H2,1,2,3,4)/q;;;;;;-1;;;+1;;+2;/p-2. The van der Waals surface area contributed by atoms with E-state index in [0.717, 1.165) is 57.8 Å². The third-order valence-corrected chi connectivity index (χ3v) is 13.2. The summed E-state index contributed by atoms with van der Waals surface area (Å²) in [5.41, 5.74) is 9.59. The van der Waals surface area contributed by atoms with E-state index in [0.29, 0.717) is 33.9 Å². The molecule has 0 aromatic heterocycles. The predicted octanol–water partition coefficient (Wildman–Crippen LogP) is 12.6. The minimum Gasteiger partial charge on any atom is -1.00 e. The number of carbonyl (C=O) groups is 3. The van der Waals surface area contributed by atoms with Gasteiger partial charge in [-0.25, -0.2) is 0 Å². The van der Waals surface area contributed by atoms with E-state index < -0.39 is 16.0 Å². The van der Waals surface area contributed by atoms with Crippen LogP contribution in [0.15, 0.2) is 11.6 Å². The van der Waals surface area contributed by atoms with Gasteiger partial charge in [0.05, 0.1) is 11.7 Å². The Morgan fingerprint density at radius 3 is 1.12 bits per heavy atom. The van der Waals surface area contributed by atoms with Crippen LogP contribution in [-0.4, -0.2) is 91.6 Å². The summed E-state index contributed by atoms with van der Waals surface area (Å²) in [6.45, 7) is 48.8. The first-order valence-electron chi connectivity index (χ1n) is 25.4. The summed E-state index contributed by atoms with van der Waals surface area (Å²) >= 11 is 14.0. The molecule has 0 aliphatic heterocycles. The van der Waals surface area contributed by atoms with Gasteiger partial charge in [0.15, 0.2) is 5.78 Å². The van der Waals surface area contributed by atoms with Crippen LogP contribution in [0.5, 0.6) is 0 Å². The fraction of sp³-hybridized carbons (Fsp3) is 0.877. The number of alkyl halides is 2. The van der Waals surface area contributed by atoms with Crippen LogP contribution in [-0.2, 0) is 39.9 Å². The van der Waals surface area contributed by atoms with Gasteiger partial charge in [-0.3, -0.25) is 23.5 Å². The van der Waals surface area contributed by atoms with Crippen LogP contribution < -0.4 is 35.0 Å². The Balaban J connectivity index is -0.000000148. The molecular formula is C57H109Cl4CuIMgN3O8S. The molecule has 0 heterocycles. The van der Waals surface area contributed by atoms with Crippen molar-refractivity contribution in [2.45, 2.75) is 259 Å². The van der Waals surface area contributed by atoms with E-state index in [2.05, 4.69) is 169 Å². The van der Waals surface area contributed by atoms with Crippen LogP contribution in [0.1, 0.15) is 242 Å². The zero-order valence-electron chi connectivity index (χ0n) is 51.6. The van der Waals surface area contributed by atoms with Gasteiger partial charge in [0.2, 0.25) is 5.91 Å². The summed E-state index contributed by atoms with van der Waals surface area (Å²) in [5, 5.41) is 20.6. The first-order chi connectivity index (χ1) is 31.5. The number of hydrogen-bond donors (Lipinski definition) is 5. The molecule has 5 aliphatic rings. The minimum atomic E-state index is -4.67. The number of hydrogen-bond acceptors (Lipinski definition) is 8. The number of ketones is 2. The minimum absolute atomic E-state index is 0. The normalized spacial score (nSPS) is 23.9. The van der Waals surface area contributed by atoms with Crippen molar-refractivity contribution < 1.29 is 76.1 Å². The summed E-state index contributed by atoms with van der Waals surface area (Å²) in [6, 6.07) is 1.70. The molecule has 0 radical (unpaired) electrons. The number of rotatable bonds is 2. The average Bonchev–Trinajstić information content (AvgIpc) is 3.00. The second kappa shape index (κ2) is 35.3. The van der Waals surface area contributed by atoms with Gasteiger partial charge in [0, 0.05) is 30.3 Å². The van der Waals surface area contributed by atoms with Gasteiger partial charge in [-0.15, -0.1) is 35.6 Å². The van der Waals surface area contributed by atoms with Crippen LogP contribution in [0.4, 0.5) is 0 Å². The molecule has 0 unspecified atom stereocenters. The summed E-state index contributed by atoms with van der Waals surface area (Å²) < 4.78 is 31.6. The number of allylic oxidation sites excluding steroid dienone is 2. The number of nitriles is 1. The van der Waals surface area contributed by atoms with Crippen molar-refractivity contribution in [1.29, 1.82) is 5.26 Å². The van der Waals surface area contributed by atoms with E-state index >= 15 is 0 Å². The largest absolute Gasteiger partial charge is 2.00 e. The molecule has 454 valence electrons. The predicted molar refractivity (Wildman–Crippen MR) is 319 cm³/mol. The molecule has 76 heavy (non-hydrogen) atoms. The molecule has 11 nitrogen and oxygen atoms in total. The molecule has 0 spiro atoms. The Morgan fingerprint density at radius 2 is 0.895 bits per heavy atom. The number of aliphatic hydroxyl groups is 1. The first kappa shape index (κ1) is 90.8. The van der Waals surface area contributed by atoms with Gasteiger partial charge in [-0.1, -0.05) is 130 Å². The van der Waals surface area contributed by atoms with E-state index in [1.807, 2.05) is 13.8 Å². The number of Topliss-reactive ketones (excluding diaryl/α,β-unsaturated/α-hetero) is 1. The van der Waals surface area contributed by atoms with Crippen LogP contribution in [0, 0.1) is 67.5 Å². The molecule has 6 N–H and O–H groups in total. The summed E-state index contributed by atoms with van der Waals surface area (Å²) in [7, 11) is -0.465. The first-order valence-corrected chi connectivity index (χ1v) is 29.1. The van der Waals surface area contributed by atoms with Crippen molar-refractivity contribution in [3.63, 3.8) is 0 Å². The van der Waals surface area contributed by atoms with Gasteiger partial charge in [-0.05, 0) is 153 Å². The number of halogens is 5. The van der Waals surface area contributed by atoms with Crippen molar-refractivity contribution in [2.75, 3.05) is 11.8 Å². The number of carbonyl (C=O) groups excluding carboxylic acids is 3. The average molecular weight is 1350 g/mol. The van der Waals surface area contributed by atoms with Gasteiger partial charge in [0.25, 0.3) is 0 Å². The number of nitrogens with one attached hydrogen (secondary N) is 1. The van der Waals surface area contributed by atoms with Crippen LogP contribution >= 0.6 is 45.7 Å². The van der Waals surface area contributed by atoms with Gasteiger partial charge in [0.1, 0.15) is 17.5 Å². The van der Waals surface area contributed by atoms with Gasteiger partial charge >= 0.3 is 58.7 Å². The smallest absolute Gasteiger partial charge is 1.00 e. The van der Waals surface area contributed by atoms with Crippen LogP contribution in [0.3, 0.4) is 0 Å². The third kappa shape index (κ3) is 47.5. The summed E-state index contributed by atoms with van der Waals surface area (Å²) in [5.74, 6) is 0.814. The van der Waals surface area contributed by atoms with E-state index in [1.54, 1.807) is 12.1 Å². The van der Waals surface area contributed by atoms with E-state index in [4.69, 9.17) is 51.7 Å². The van der Waals surface area contributed by atoms with Crippen molar-refractivity contribution in [3.8, 4) is 6.07 Å². The Bertz CT molecular complexity index is 1760. The second-order valence-corrected chi connectivity index (χ2v) is 31.5. The SMILES string of the molecule is CC1(C)CC(=O)CC(C)(C)C1.CC1(C)CC(C)(C)CC(C)(N)C1.CC1(C)CC(C)(C)CC(C)(NC(=O)CCl)C1.CC1(C)CC(C)(C)CC(C)(O)C1.CC1=CC(=O)CC(C)(C)C1.Cl.N#CCCl.O=S(=O)(O)O.[CH3-].[Cl][Cu].[I-].[Mg+2]. The molecule has 0 saturated heterocycles. The van der Waals surface area contributed by atoms with Crippen molar-refractivity contribution in [1.82, 2.24) is 5.32 Å². The van der Waals surface area contributed by atoms with Crippen molar-refractivity contribution in [2.24, 2.45) is 54.5 Å². The molecule has 1 amide bonds. The molecule has 4 saturated carbocycles. The third-order valence-electron chi connectivity index (χ3n) is 12.8. The molecule has 0 atom stereocenters. The Morgan fingerprint density at radius 1 is 0.618 bits per heavy atom. The maximum Gasteiger partial charge on any atom is 2.00 e. The molecule has 5 aliphatic carbocycles. The molecule has 19 heteroatoms. The fourth-order valence-corrected chi connectivity index (χ4v) is 15.6. The number of nitrogens with two attached hydrogens (primary N) is 1. The van der Waals surface area contributed by atoms with E-state index in [-0.39, 0.29) is 128 Å². The number of nitrogens with zero attached hydrogens (tertiary/aromatic N) is 1. The second-order valence-electron chi connectivity index (χ2n) is 30.1. The topological polar surface area (TPSA) is 208 Å². The molecule has 5 rings (SSSR count). The van der Waals surface area contributed by atoms with Crippen molar-refractivity contribution >= 4 is 96.6 Å². The Labute approximate surface area is 528 Å². The molecule has 0 aromatic carbocycles. The van der Waals surface area contributed by atoms with E-state index in [9.17, 15) is 19.5 Å². The zero-order valence-corrected chi connectivity index (χ0v) is 60.0. The molecule has 4 fully saturated rings.